The smallest absolute Gasteiger partial charge is 0.350 e. The highest BCUT2D eigenvalue weighted by Gasteiger charge is 2.32. The lowest BCUT2D eigenvalue weighted by Gasteiger charge is -2.24. The number of carbonyl (C=O) groups excluding carboxylic acids is 2. The van der Waals surface area contributed by atoms with Gasteiger partial charge in [-0.05, 0) is 50.2 Å². The summed E-state index contributed by atoms with van der Waals surface area (Å²) in [6.07, 6.45) is 0. The number of anilines is 1. The molecule has 0 bridgehead atoms. The average molecular weight is 382 g/mol. The third-order valence-corrected chi connectivity index (χ3v) is 3.74. The average Bonchev–Trinajstić information content (AvgIpc) is 2.56. The zero-order chi connectivity index (χ0) is 18.4. The van der Waals surface area contributed by atoms with Crippen molar-refractivity contribution in [2.24, 2.45) is 0 Å². The molecule has 7 heteroatoms. The Kier molecular flexibility index (Phi) is 6.28. The number of para-hydroxylation sites is 1. The third kappa shape index (κ3) is 5.66. The monoisotopic (exact) mass is 381 g/mol. The molecule has 25 heavy (non-hydrogen) atoms. The third-order valence-electron chi connectivity index (χ3n) is 3.16. The van der Waals surface area contributed by atoms with E-state index in [0.717, 1.165) is 0 Å². The van der Waals surface area contributed by atoms with Gasteiger partial charge in [0.2, 0.25) is 0 Å². The Morgan fingerprint density at radius 2 is 1.68 bits per heavy atom. The molecule has 0 saturated heterocycles. The summed E-state index contributed by atoms with van der Waals surface area (Å²) < 4.78 is 10.6. The Morgan fingerprint density at radius 1 is 1.04 bits per heavy atom. The fraction of sp³-hybridized carbons (Fsp3) is 0.222. The lowest BCUT2D eigenvalue weighted by Crippen LogP contribution is -2.41. The Balaban J connectivity index is 1.88. The number of carbonyl (C=O) groups is 2. The normalized spacial score (nSPS) is 10.9. The Morgan fingerprint density at radius 3 is 2.32 bits per heavy atom. The summed E-state index contributed by atoms with van der Waals surface area (Å²) in [6.45, 7) is 2.66. The molecule has 0 aliphatic carbocycles. The second-order valence-electron chi connectivity index (χ2n) is 5.67. The van der Waals surface area contributed by atoms with E-state index in [9.17, 15) is 9.59 Å². The number of benzene rings is 2. The lowest BCUT2D eigenvalue weighted by atomic mass is 10.1. The van der Waals surface area contributed by atoms with E-state index >= 15 is 0 Å². The molecule has 1 amide bonds. The van der Waals surface area contributed by atoms with E-state index in [-0.39, 0.29) is 0 Å². The predicted molar refractivity (Wildman–Crippen MR) is 97.2 cm³/mol. The Labute approximate surface area is 155 Å². The first-order chi connectivity index (χ1) is 11.8. The summed E-state index contributed by atoms with van der Waals surface area (Å²) in [5.41, 5.74) is -0.819. The fourth-order valence-electron chi connectivity index (χ4n) is 1.89. The minimum atomic E-state index is -1.27. The van der Waals surface area contributed by atoms with Crippen molar-refractivity contribution in [2.45, 2.75) is 19.4 Å². The van der Waals surface area contributed by atoms with Crippen LogP contribution in [-0.2, 0) is 14.3 Å². The van der Waals surface area contributed by atoms with Crippen LogP contribution in [0.25, 0.3) is 0 Å². The Bertz CT molecular complexity index is 760. The SMILES string of the molecule is CC(C)(Oc1ccc(Cl)cc1)C(=O)OCC(=O)Nc1ccccc1Cl. The largest absolute Gasteiger partial charge is 0.476 e. The molecule has 0 atom stereocenters. The van der Waals surface area contributed by atoms with Gasteiger partial charge in [0.15, 0.2) is 12.2 Å². The molecule has 0 radical (unpaired) electrons. The minimum absolute atomic E-state index is 0.397. The van der Waals surface area contributed by atoms with E-state index < -0.39 is 24.1 Å². The van der Waals surface area contributed by atoms with Crippen LogP contribution in [0.1, 0.15) is 13.8 Å². The maximum Gasteiger partial charge on any atom is 0.350 e. The van der Waals surface area contributed by atoms with Crippen molar-refractivity contribution < 1.29 is 19.1 Å². The van der Waals surface area contributed by atoms with Crippen LogP contribution in [0.2, 0.25) is 10.0 Å². The van der Waals surface area contributed by atoms with Gasteiger partial charge in [0, 0.05) is 5.02 Å². The van der Waals surface area contributed by atoms with Crippen LogP contribution < -0.4 is 10.1 Å². The summed E-state index contributed by atoms with van der Waals surface area (Å²) in [5, 5.41) is 3.53. The van der Waals surface area contributed by atoms with Gasteiger partial charge in [-0.1, -0.05) is 35.3 Å². The molecular weight excluding hydrogens is 365 g/mol. The maximum absolute atomic E-state index is 12.2. The van der Waals surface area contributed by atoms with Crippen molar-refractivity contribution in [3.05, 3.63) is 58.6 Å². The molecule has 0 fully saturated rings. The summed E-state index contributed by atoms with van der Waals surface area (Å²) >= 11 is 11.8. The van der Waals surface area contributed by atoms with Crippen molar-refractivity contribution in [2.75, 3.05) is 11.9 Å². The minimum Gasteiger partial charge on any atom is -0.476 e. The van der Waals surface area contributed by atoms with Gasteiger partial charge in [0.25, 0.3) is 5.91 Å². The van der Waals surface area contributed by atoms with E-state index in [1.54, 1.807) is 62.4 Å². The number of ether oxygens (including phenoxy) is 2. The second-order valence-corrected chi connectivity index (χ2v) is 6.51. The molecule has 0 heterocycles. The molecule has 0 spiro atoms. The number of esters is 1. The van der Waals surface area contributed by atoms with Gasteiger partial charge < -0.3 is 14.8 Å². The highest BCUT2D eigenvalue weighted by atomic mass is 35.5. The fourth-order valence-corrected chi connectivity index (χ4v) is 2.20. The van der Waals surface area contributed by atoms with Crippen LogP contribution in [0, 0.1) is 0 Å². The summed E-state index contributed by atoms with van der Waals surface area (Å²) in [7, 11) is 0. The molecular formula is C18H17Cl2NO4. The molecule has 0 unspecified atom stereocenters. The maximum atomic E-state index is 12.2. The predicted octanol–water partition coefficient (Wildman–Crippen LogP) is 4.33. The van der Waals surface area contributed by atoms with E-state index in [0.29, 0.717) is 21.5 Å². The Hall–Kier alpha value is -2.24. The molecule has 1 N–H and O–H groups in total. The van der Waals surface area contributed by atoms with Gasteiger partial charge in [-0.3, -0.25) is 4.79 Å². The van der Waals surface area contributed by atoms with E-state index in [1.807, 2.05) is 0 Å². The first-order valence-corrected chi connectivity index (χ1v) is 8.20. The summed E-state index contributed by atoms with van der Waals surface area (Å²) in [5.74, 6) is -0.702. The van der Waals surface area contributed by atoms with Crippen molar-refractivity contribution in [1.29, 1.82) is 0 Å². The number of hydrogen-bond acceptors (Lipinski definition) is 4. The second kappa shape index (κ2) is 8.23. The topological polar surface area (TPSA) is 64.6 Å². The van der Waals surface area contributed by atoms with Crippen molar-refractivity contribution in [3.8, 4) is 5.75 Å². The molecule has 132 valence electrons. The molecule has 2 rings (SSSR count). The molecule has 0 aliphatic heterocycles. The summed E-state index contributed by atoms with van der Waals surface area (Å²) in [6, 6.07) is 13.3. The van der Waals surface area contributed by atoms with Crippen LogP contribution in [0.5, 0.6) is 5.75 Å². The van der Waals surface area contributed by atoms with Crippen LogP contribution in [-0.4, -0.2) is 24.1 Å². The zero-order valence-electron chi connectivity index (χ0n) is 13.7. The van der Waals surface area contributed by atoms with Gasteiger partial charge >= 0.3 is 5.97 Å². The van der Waals surface area contributed by atoms with Crippen LogP contribution in [0.3, 0.4) is 0 Å². The highest BCUT2D eigenvalue weighted by molar-refractivity contribution is 6.33. The summed E-state index contributed by atoms with van der Waals surface area (Å²) in [4.78, 5) is 24.1. The van der Waals surface area contributed by atoms with Gasteiger partial charge in [0.05, 0.1) is 10.7 Å². The van der Waals surface area contributed by atoms with Crippen molar-refractivity contribution in [3.63, 3.8) is 0 Å². The first kappa shape index (κ1) is 19.1. The molecule has 5 nitrogen and oxygen atoms in total. The van der Waals surface area contributed by atoms with E-state index in [2.05, 4.69) is 5.32 Å². The van der Waals surface area contributed by atoms with E-state index in [1.165, 1.54) is 0 Å². The number of halogens is 2. The number of amides is 1. The lowest BCUT2D eigenvalue weighted by molar-refractivity contribution is -0.161. The standard InChI is InChI=1S/C18H17Cl2NO4/c1-18(2,25-13-9-7-12(19)8-10-13)17(23)24-11-16(22)21-15-6-4-3-5-14(15)20/h3-10H,11H2,1-2H3,(H,21,22). The van der Waals surface area contributed by atoms with Gasteiger partial charge in [0.1, 0.15) is 5.75 Å². The highest BCUT2D eigenvalue weighted by Crippen LogP contribution is 2.22. The van der Waals surface area contributed by atoms with Crippen molar-refractivity contribution in [1.82, 2.24) is 0 Å². The first-order valence-electron chi connectivity index (χ1n) is 7.44. The quantitative estimate of drug-likeness (QED) is 0.756. The number of rotatable bonds is 6. The van der Waals surface area contributed by atoms with Gasteiger partial charge in [-0.15, -0.1) is 0 Å². The van der Waals surface area contributed by atoms with Gasteiger partial charge in [-0.25, -0.2) is 4.79 Å². The van der Waals surface area contributed by atoms with Crippen LogP contribution >= 0.6 is 23.2 Å². The number of nitrogens with one attached hydrogen (secondary N) is 1. The van der Waals surface area contributed by atoms with Crippen LogP contribution in [0.15, 0.2) is 48.5 Å². The van der Waals surface area contributed by atoms with Crippen molar-refractivity contribution >= 4 is 40.8 Å². The molecule has 2 aromatic carbocycles. The number of hydrogen-bond donors (Lipinski definition) is 1. The van der Waals surface area contributed by atoms with Gasteiger partial charge in [-0.2, -0.15) is 0 Å². The molecule has 0 aromatic heterocycles. The molecule has 2 aromatic rings. The molecule has 0 aliphatic rings. The zero-order valence-corrected chi connectivity index (χ0v) is 15.2. The molecule has 0 saturated carbocycles. The van der Waals surface area contributed by atoms with E-state index in [4.69, 9.17) is 32.7 Å². The van der Waals surface area contributed by atoms with Crippen LogP contribution in [0.4, 0.5) is 5.69 Å².